The molecule has 0 heterocycles. The Labute approximate surface area is 99.0 Å². The first-order valence-electron chi connectivity index (χ1n) is 6.07. The minimum atomic E-state index is 1.35. The quantitative estimate of drug-likeness (QED) is 0.470. The summed E-state index contributed by atoms with van der Waals surface area (Å²) >= 11 is 4.27. The number of hydrogen-bond donors (Lipinski definition) is 0. The van der Waals surface area contributed by atoms with Crippen LogP contribution in [0.1, 0.15) is 52.4 Å². The Bertz CT molecular complexity index is 82.3. The van der Waals surface area contributed by atoms with Crippen molar-refractivity contribution in [2.45, 2.75) is 52.4 Å². The fourth-order valence-corrected chi connectivity index (χ4v) is 3.32. The van der Waals surface area contributed by atoms with E-state index >= 15 is 0 Å². The molecule has 0 fully saturated rings. The molecule has 0 unspecified atom stereocenters. The highest BCUT2D eigenvalue weighted by molar-refractivity contribution is 7.99. The SMILES string of the molecule is CCCCSCCCCSCCCC. The zero-order valence-electron chi connectivity index (χ0n) is 9.89. The topological polar surface area (TPSA) is 0 Å². The van der Waals surface area contributed by atoms with Crippen molar-refractivity contribution in [3.05, 3.63) is 0 Å². The minimum Gasteiger partial charge on any atom is -0.162 e. The van der Waals surface area contributed by atoms with Gasteiger partial charge in [0.15, 0.2) is 0 Å². The highest BCUT2D eigenvalue weighted by atomic mass is 32.2. The normalized spacial score (nSPS) is 10.7. The largest absolute Gasteiger partial charge is 0.162 e. The second-order valence-electron chi connectivity index (χ2n) is 3.64. The maximum absolute atomic E-state index is 2.27. The van der Waals surface area contributed by atoms with E-state index in [0.29, 0.717) is 0 Å². The maximum atomic E-state index is 2.27. The molecular formula is C12H26S2. The summed E-state index contributed by atoms with van der Waals surface area (Å²) in [6, 6.07) is 0. The molecule has 0 aliphatic carbocycles. The van der Waals surface area contributed by atoms with Gasteiger partial charge in [0.2, 0.25) is 0 Å². The van der Waals surface area contributed by atoms with Crippen LogP contribution >= 0.6 is 23.5 Å². The molecule has 0 bridgehead atoms. The van der Waals surface area contributed by atoms with Gasteiger partial charge in [0.1, 0.15) is 0 Å². The van der Waals surface area contributed by atoms with E-state index in [-0.39, 0.29) is 0 Å². The van der Waals surface area contributed by atoms with E-state index in [2.05, 4.69) is 37.4 Å². The van der Waals surface area contributed by atoms with E-state index in [1.807, 2.05) is 0 Å². The second kappa shape index (κ2) is 13.7. The van der Waals surface area contributed by atoms with Crippen molar-refractivity contribution in [2.75, 3.05) is 23.0 Å². The molecule has 2 heteroatoms. The van der Waals surface area contributed by atoms with E-state index in [9.17, 15) is 0 Å². The molecule has 0 aromatic carbocycles. The first-order chi connectivity index (χ1) is 6.91. The van der Waals surface area contributed by atoms with Crippen molar-refractivity contribution in [3.63, 3.8) is 0 Å². The average molecular weight is 234 g/mol. The molecule has 0 aliphatic heterocycles. The van der Waals surface area contributed by atoms with E-state index in [1.165, 1.54) is 61.5 Å². The van der Waals surface area contributed by atoms with Gasteiger partial charge in [-0.2, -0.15) is 23.5 Å². The van der Waals surface area contributed by atoms with Crippen molar-refractivity contribution in [1.82, 2.24) is 0 Å². The Morgan fingerprint density at radius 2 is 0.929 bits per heavy atom. The van der Waals surface area contributed by atoms with Crippen LogP contribution in [0.4, 0.5) is 0 Å². The predicted octanol–water partition coefficient (Wildman–Crippen LogP) is 4.83. The van der Waals surface area contributed by atoms with Crippen LogP contribution in [-0.4, -0.2) is 23.0 Å². The minimum absolute atomic E-state index is 1.35. The van der Waals surface area contributed by atoms with Crippen molar-refractivity contribution in [3.8, 4) is 0 Å². The summed E-state index contributed by atoms with van der Waals surface area (Å²) in [5.41, 5.74) is 0. The van der Waals surface area contributed by atoms with Crippen LogP contribution in [0.5, 0.6) is 0 Å². The molecule has 0 radical (unpaired) electrons. The van der Waals surface area contributed by atoms with Gasteiger partial charge in [0.05, 0.1) is 0 Å². The first kappa shape index (κ1) is 14.7. The van der Waals surface area contributed by atoms with Crippen LogP contribution in [0, 0.1) is 0 Å². The lowest BCUT2D eigenvalue weighted by Gasteiger charge is -2.01. The molecule has 0 aromatic rings. The predicted molar refractivity (Wildman–Crippen MR) is 73.7 cm³/mol. The lowest BCUT2D eigenvalue weighted by Crippen LogP contribution is -1.87. The molecule has 0 atom stereocenters. The van der Waals surface area contributed by atoms with Crippen LogP contribution in [0.15, 0.2) is 0 Å². The van der Waals surface area contributed by atoms with E-state index in [1.54, 1.807) is 0 Å². The highest BCUT2D eigenvalue weighted by Crippen LogP contribution is 2.11. The number of thioether (sulfide) groups is 2. The van der Waals surface area contributed by atoms with Gasteiger partial charge in [-0.15, -0.1) is 0 Å². The number of unbranched alkanes of at least 4 members (excludes halogenated alkanes) is 3. The first-order valence-corrected chi connectivity index (χ1v) is 8.38. The molecule has 0 nitrogen and oxygen atoms in total. The summed E-state index contributed by atoms with van der Waals surface area (Å²) in [4.78, 5) is 0. The standard InChI is InChI=1S/C12H26S2/c1-3-5-9-13-11-7-8-12-14-10-6-4-2/h3-12H2,1-2H3. The summed E-state index contributed by atoms with van der Waals surface area (Å²) in [5, 5.41) is 0. The molecule has 86 valence electrons. The Kier molecular flexibility index (Phi) is 14.4. The summed E-state index contributed by atoms with van der Waals surface area (Å²) in [5.74, 6) is 5.52. The molecule has 0 saturated heterocycles. The van der Waals surface area contributed by atoms with Gasteiger partial charge < -0.3 is 0 Å². The third-order valence-corrected chi connectivity index (χ3v) is 4.42. The fraction of sp³-hybridized carbons (Fsp3) is 1.00. The van der Waals surface area contributed by atoms with Crippen LogP contribution in [0.3, 0.4) is 0 Å². The van der Waals surface area contributed by atoms with Crippen molar-refractivity contribution >= 4 is 23.5 Å². The Balaban J connectivity index is 2.78. The molecule has 14 heavy (non-hydrogen) atoms. The molecular weight excluding hydrogens is 208 g/mol. The third-order valence-electron chi connectivity index (χ3n) is 2.11. The van der Waals surface area contributed by atoms with Crippen molar-refractivity contribution < 1.29 is 0 Å². The zero-order valence-corrected chi connectivity index (χ0v) is 11.5. The monoisotopic (exact) mass is 234 g/mol. The van der Waals surface area contributed by atoms with Crippen LogP contribution in [0.2, 0.25) is 0 Å². The molecule has 0 amide bonds. The highest BCUT2D eigenvalue weighted by Gasteiger charge is 1.91. The molecule has 0 rings (SSSR count). The second-order valence-corrected chi connectivity index (χ2v) is 6.09. The van der Waals surface area contributed by atoms with Crippen LogP contribution < -0.4 is 0 Å². The summed E-state index contributed by atoms with van der Waals surface area (Å²) in [6.07, 6.45) is 8.34. The molecule has 0 N–H and O–H groups in total. The molecule has 0 aromatic heterocycles. The Morgan fingerprint density at radius 3 is 1.29 bits per heavy atom. The van der Waals surface area contributed by atoms with Gasteiger partial charge in [0.25, 0.3) is 0 Å². The van der Waals surface area contributed by atoms with E-state index < -0.39 is 0 Å². The summed E-state index contributed by atoms with van der Waals surface area (Å²) in [6.45, 7) is 4.54. The fourth-order valence-electron chi connectivity index (χ4n) is 1.11. The molecule has 0 saturated carbocycles. The van der Waals surface area contributed by atoms with Crippen molar-refractivity contribution in [2.24, 2.45) is 0 Å². The smallest absolute Gasteiger partial charge is 0.00672 e. The van der Waals surface area contributed by atoms with Gasteiger partial charge in [-0.1, -0.05) is 26.7 Å². The lowest BCUT2D eigenvalue weighted by atomic mass is 10.4. The van der Waals surface area contributed by atoms with E-state index in [0.717, 1.165) is 0 Å². The van der Waals surface area contributed by atoms with E-state index in [4.69, 9.17) is 0 Å². The van der Waals surface area contributed by atoms with Crippen LogP contribution in [0.25, 0.3) is 0 Å². The van der Waals surface area contributed by atoms with Gasteiger partial charge in [-0.25, -0.2) is 0 Å². The number of rotatable bonds is 11. The Morgan fingerprint density at radius 1 is 0.571 bits per heavy atom. The third kappa shape index (κ3) is 12.7. The lowest BCUT2D eigenvalue weighted by molar-refractivity contribution is 0.876. The summed E-state index contributed by atoms with van der Waals surface area (Å²) < 4.78 is 0. The molecule has 0 spiro atoms. The zero-order chi connectivity index (χ0) is 10.5. The van der Waals surface area contributed by atoms with Gasteiger partial charge >= 0.3 is 0 Å². The summed E-state index contributed by atoms with van der Waals surface area (Å²) in [7, 11) is 0. The average Bonchev–Trinajstić information content (AvgIpc) is 2.21. The van der Waals surface area contributed by atoms with Gasteiger partial charge in [-0.3, -0.25) is 0 Å². The number of hydrogen-bond acceptors (Lipinski definition) is 2. The molecule has 0 aliphatic rings. The Hall–Kier alpha value is 0.700. The van der Waals surface area contributed by atoms with Gasteiger partial charge in [0, 0.05) is 0 Å². The van der Waals surface area contributed by atoms with Gasteiger partial charge in [-0.05, 0) is 48.7 Å². The van der Waals surface area contributed by atoms with Crippen LogP contribution in [-0.2, 0) is 0 Å². The maximum Gasteiger partial charge on any atom is -0.00672 e. The van der Waals surface area contributed by atoms with Crippen molar-refractivity contribution in [1.29, 1.82) is 0 Å².